The van der Waals surface area contributed by atoms with Crippen molar-refractivity contribution in [1.82, 2.24) is 9.69 Å². The SMILES string of the molecule is CCC(C(=O)NC(C)(C)C)N(C(=O)c1snc(C(N)=O)c1N)c1ccc2c(c1)OCCO2. The minimum Gasteiger partial charge on any atom is -0.486 e. The highest BCUT2D eigenvalue weighted by Crippen LogP contribution is 2.36. The van der Waals surface area contributed by atoms with Crippen molar-refractivity contribution in [3.05, 3.63) is 28.8 Å². The van der Waals surface area contributed by atoms with Gasteiger partial charge in [0.15, 0.2) is 17.2 Å². The summed E-state index contributed by atoms with van der Waals surface area (Å²) < 4.78 is 15.1. The fourth-order valence-corrected chi connectivity index (χ4v) is 4.04. The number of aromatic nitrogens is 1. The monoisotopic (exact) mass is 461 g/mol. The zero-order valence-corrected chi connectivity index (χ0v) is 19.2. The van der Waals surface area contributed by atoms with Crippen LogP contribution in [0, 0.1) is 0 Å². The quantitative estimate of drug-likeness (QED) is 0.595. The number of benzene rings is 1. The van der Waals surface area contributed by atoms with Crippen LogP contribution in [-0.2, 0) is 4.79 Å². The lowest BCUT2D eigenvalue weighted by Gasteiger charge is -2.33. The predicted molar refractivity (Wildman–Crippen MR) is 121 cm³/mol. The molecule has 11 heteroatoms. The maximum absolute atomic E-state index is 13.7. The Kier molecular flexibility index (Phi) is 6.58. The van der Waals surface area contributed by atoms with Crippen LogP contribution < -0.4 is 31.2 Å². The molecule has 1 aromatic heterocycles. The van der Waals surface area contributed by atoms with Crippen LogP contribution in [0.15, 0.2) is 18.2 Å². The van der Waals surface area contributed by atoms with Gasteiger partial charge in [0.1, 0.15) is 24.1 Å². The van der Waals surface area contributed by atoms with Crippen LogP contribution in [0.1, 0.15) is 54.3 Å². The number of hydrogen-bond donors (Lipinski definition) is 3. The topological polar surface area (TPSA) is 150 Å². The van der Waals surface area contributed by atoms with Crippen LogP contribution in [0.25, 0.3) is 0 Å². The molecular weight excluding hydrogens is 434 g/mol. The molecule has 3 amide bonds. The summed E-state index contributed by atoms with van der Waals surface area (Å²) in [5.74, 6) is -0.719. The van der Waals surface area contributed by atoms with E-state index < -0.39 is 23.4 Å². The molecule has 1 unspecified atom stereocenters. The van der Waals surface area contributed by atoms with E-state index in [1.165, 1.54) is 4.90 Å². The molecule has 0 radical (unpaired) electrons. The van der Waals surface area contributed by atoms with Crippen molar-refractivity contribution in [3.8, 4) is 11.5 Å². The summed E-state index contributed by atoms with van der Waals surface area (Å²) in [6, 6.07) is 4.14. The number of anilines is 2. The van der Waals surface area contributed by atoms with Crippen LogP contribution in [0.3, 0.4) is 0 Å². The number of amides is 3. The number of fused-ring (bicyclic) bond motifs is 1. The van der Waals surface area contributed by atoms with E-state index in [9.17, 15) is 14.4 Å². The summed E-state index contributed by atoms with van der Waals surface area (Å²) in [5, 5.41) is 2.92. The van der Waals surface area contributed by atoms with E-state index in [1.807, 2.05) is 20.8 Å². The lowest BCUT2D eigenvalue weighted by Crippen LogP contribution is -2.54. The number of nitrogens with two attached hydrogens (primary N) is 2. The van der Waals surface area contributed by atoms with Gasteiger partial charge in [-0.25, -0.2) is 0 Å². The van der Waals surface area contributed by atoms with Crippen molar-refractivity contribution in [2.75, 3.05) is 23.8 Å². The predicted octanol–water partition coefficient (Wildman–Crippen LogP) is 1.94. The van der Waals surface area contributed by atoms with E-state index >= 15 is 0 Å². The average molecular weight is 462 g/mol. The van der Waals surface area contributed by atoms with Gasteiger partial charge >= 0.3 is 0 Å². The third kappa shape index (κ3) is 4.77. The Balaban J connectivity index is 2.09. The van der Waals surface area contributed by atoms with E-state index in [2.05, 4.69) is 9.69 Å². The van der Waals surface area contributed by atoms with Crippen LogP contribution >= 0.6 is 11.5 Å². The molecule has 0 saturated heterocycles. The second kappa shape index (κ2) is 9.03. The number of carbonyl (C=O) groups is 3. The summed E-state index contributed by atoms with van der Waals surface area (Å²) >= 11 is 0.762. The van der Waals surface area contributed by atoms with Crippen molar-refractivity contribution in [3.63, 3.8) is 0 Å². The van der Waals surface area contributed by atoms with Crippen LogP contribution in [0.5, 0.6) is 11.5 Å². The smallest absolute Gasteiger partial charge is 0.272 e. The van der Waals surface area contributed by atoms with Gasteiger partial charge in [0.2, 0.25) is 5.91 Å². The van der Waals surface area contributed by atoms with Crippen LogP contribution in [0.4, 0.5) is 11.4 Å². The molecule has 5 N–H and O–H groups in total. The molecule has 1 aliphatic rings. The van der Waals surface area contributed by atoms with Gasteiger partial charge in [-0.05, 0) is 50.9 Å². The van der Waals surface area contributed by atoms with Crippen molar-refractivity contribution >= 4 is 40.6 Å². The third-order valence-corrected chi connectivity index (χ3v) is 5.53. The molecule has 2 heterocycles. The number of hydrogen-bond acceptors (Lipinski definition) is 8. The minimum absolute atomic E-state index is 0.0238. The van der Waals surface area contributed by atoms with E-state index in [0.29, 0.717) is 36.8 Å². The molecule has 1 atom stereocenters. The third-order valence-electron chi connectivity index (χ3n) is 4.68. The van der Waals surface area contributed by atoms with Crippen molar-refractivity contribution < 1.29 is 23.9 Å². The number of carbonyl (C=O) groups excluding carboxylic acids is 3. The van der Waals surface area contributed by atoms with Gasteiger partial charge in [0.25, 0.3) is 11.8 Å². The summed E-state index contributed by atoms with van der Waals surface area (Å²) in [6.45, 7) is 8.16. The van der Waals surface area contributed by atoms with Gasteiger partial charge in [-0.3, -0.25) is 19.3 Å². The number of rotatable bonds is 6. The molecular formula is C21H27N5O5S. The number of nitrogens with one attached hydrogen (secondary N) is 1. The largest absolute Gasteiger partial charge is 0.486 e. The van der Waals surface area contributed by atoms with E-state index in [1.54, 1.807) is 25.1 Å². The van der Waals surface area contributed by atoms with Gasteiger partial charge in [-0.1, -0.05) is 6.92 Å². The molecule has 32 heavy (non-hydrogen) atoms. The van der Waals surface area contributed by atoms with E-state index in [-0.39, 0.29) is 22.2 Å². The minimum atomic E-state index is -0.859. The molecule has 0 aliphatic carbocycles. The number of primary amides is 1. The summed E-state index contributed by atoms with van der Waals surface area (Å²) in [5.41, 5.74) is 10.9. The standard InChI is InChI=1S/C21H27N5O5S/c1-5-12(19(28)24-21(2,3)4)26(11-6-7-13-14(10-11)31-9-8-30-13)20(29)17-15(22)16(18(23)27)25-32-17/h6-7,10,12H,5,8-9,22H2,1-4H3,(H2,23,27)(H,24,28). The van der Waals surface area contributed by atoms with Crippen molar-refractivity contribution in [1.29, 1.82) is 0 Å². The Bertz CT molecular complexity index is 1050. The highest BCUT2D eigenvalue weighted by molar-refractivity contribution is 7.09. The fourth-order valence-electron chi connectivity index (χ4n) is 3.30. The summed E-state index contributed by atoms with van der Waals surface area (Å²) in [4.78, 5) is 39.7. The molecule has 172 valence electrons. The first-order valence-electron chi connectivity index (χ1n) is 10.1. The molecule has 0 fully saturated rings. The molecule has 3 rings (SSSR count). The molecule has 2 aromatic rings. The highest BCUT2D eigenvalue weighted by Gasteiger charge is 2.35. The highest BCUT2D eigenvalue weighted by atomic mass is 32.1. The van der Waals surface area contributed by atoms with Gasteiger partial charge in [0.05, 0.1) is 5.69 Å². The normalized spacial score (nSPS) is 13.9. The van der Waals surface area contributed by atoms with Crippen LogP contribution in [0.2, 0.25) is 0 Å². The number of nitrogen functional groups attached to an aromatic ring is 1. The lowest BCUT2D eigenvalue weighted by atomic mass is 10.1. The maximum Gasteiger partial charge on any atom is 0.272 e. The summed E-state index contributed by atoms with van der Waals surface area (Å²) in [6.07, 6.45) is 0.323. The van der Waals surface area contributed by atoms with Crippen LogP contribution in [-0.4, -0.2) is 46.9 Å². The number of ether oxygens (including phenoxy) is 2. The Hall–Kier alpha value is -3.34. The number of nitrogens with zero attached hydrogens (tertiary/aromatic N) is 2. The first-order chi connectivity index (χ1) is 15.0. The molecule has 0 spiro atoms. The van der Waals surface area contributed by atoms with Gasteiger partial charge in [0, 0.05) is 17.3 Å². The molecule has 1 aliphatic heterocycles. The van der Waals surface area contributed by atoms with E-state index in [0.717, 1.165) is 11.5 Å². The molecule has 10 nitrogen and oxygen atoms in total. The Morgan fingerprint density at radius 1 is 1.22 bits per heavy atom. The molecule has 0 bridgehead atoms. The molecule has 1 aromatic carbocycles. The van der Waals surface area contributed by atoms with E-state index in [4.69, 9.17) is 20.9 Å². The zero-order valence-electron chi connectivity index (χ0n) is 18.4. The second-order valence-corrected chi connectivity index (χ2v) is 9.08. The van der Waals surface area contributed by atoms with Gasteiger partial charge in [-0.2, -0.15) is 4.37 Å². The first kappa shape index (κ1) is 23.3. The zero-order chi connectivity index (χ0) is 23.6. The Morgan fingerprint density at radius 3 is 2.44 bits per heavy atom. The lowest BCUT2D eigenvalue weighted by molar-refractivity contribution is -0.123. The average Bonchev–Trinajstić information content (AvgIpc) is 3.11. The Morgan fingerprint density at radius 2 is 1.88 bits per heavy atom. The van der Waals surface area contributed by atoms with Crippen molar-refractivity contribution in [2.45, 2.75) is 45.7 Å². The van der Waals surface area contributed by atoms with Crippen molar-refractivity contribution in [2.24, 2.45) is 5.73 Å². The fraction of sp³-hybridized carbons (Fsp3) is 0.429. The van der Waals surface area contributed by atoms with Gasteiger partial charge in [-0.15, -0.1) is 0 Å². The van der Waals surface area contributed by atoms with Gasteiger partial charge < -0.3 is 26.3 Å². The summed E-state index contributed by atoms with van der Waals surface area (Å²) in [7, 11) is 0. The molecule has 0 saturated carbocycles. The Labute approximate surface area is 190 Å². The maximum atomic E-state index is 13.7. The first-order valence-corrected chi connectivity index (χ1v) is 10.9. The second-order valence-electron chi connectivity index (χ2n) is 8.30.